The van der Waals surface area contributed by atoms with Gasteiger partial charge in [0.2, 0.25) is 0 Å². The monoisotopic (exact) mass is 448 g/mol. The summed E-state index contributed by atoms with van der Waals surface area (Å²) < 4.78 is 11.4. The molecule has 2 aromatic carbocycles. The molecule has 1 fully saturated rings. The van der Waals surface area contributed by atoms with E-state index in [0.717, 1.165) is 37.2 Å². The SMILES string of the molecule is CCOc1cccc(N2C(=O)C(c3ccc(OC(C)C)cc3)=C(N3CCC(C)CC3)C2=O)c1. The smallest absolute Gasteiger partial charge is 0.282 e. The van der Waals surface area contributed by atoms with E-state index in [1.807, 2.05) is 51.1 Å². The molecule has 2 heterocycles. The maximum Gasteiger partial charge on any atom is 0.282 e. The molecule has 0 aliphatic carbocycles. The molecule has 0 aromatic heterocycles. The van der Waals surface area contributed by atoms with Gasteiger partial charge >= 0.3 is 0 Å². The third-order valence-electron chi connectivity index (χ3n) is 6.06. The minimum atomic E-state index is -0.306. The second-order valence-corrected chi connectivity index (χ2v) is 8.96. The van der Waals surface area contributed by atoms with Crippen LogP contribution in [0.25, 0.3) is 5.57 Å². The third kappa shape index (κ3) is 4.75. The molecule has 0 bridgehead atoms. The fraction of sp³-hybridized carbons (Fsp3) is 0.407. The Bertz CT molecular complexity index is 1050. The van der Waals surface area contributed by atoms with Crippen LogP contribution in [0.15, 0.2) is 54.2 Å². The Labute approximate surface area is 195 Å². The van der Waals surface area contributed by atoms with Gasteiger partial charge in [-0.05, 0) is 69.4 Å². The maximum atomic E-state index is 13.7. The van der Waals surface area contributed by atoms with Crippen molar-refractivity contribution in [3.8, 4) is 11.5 Å². The number of piperidine rings is 1. The first-order valence-electron chi connectivity index (χ1n) is 11.8. The minimum absolute atomic E-state index is 0.0590. The molecule has 0 N–H and O–H groups in total. The predicted molar refractivity (Wildman–Crippen MR) is 129 cm³/mol. The van der Waals surface area contributed by atoms with Gasteiger partial charge in [-0.3, -0.25) is 9.59 Å². The Hall–Kier alpha value is -3.28. The highest BCUT2D eigenvalue weighted by molar-refractivity contribution is 6.45. The first kappa shape index (κ1) is 22.9. The molecule has 6 nitrogen and oxygen atoms in total. The van der Waals surface area contributed by atoms with Crippen LogP contribution in [0.4, 0.5) is 5.69 Å². The van der Waals surface area contributed by atoms with Crippen LogP contribution >= 0.6 is 0 Å². The van der Waals surface area contributed by atoms with E-state index >= 15 is 0 Å². The van der Waals surface area contributed by atoms with E-state index in [9.17, 15) is 9.59 Å². The summed E-state index contributed by atoms with van der Waals surface area (Å²) >= 11 is 0. The Kier molecular flexibility index (Phi) is 6.72. The molecule has 174 valence electrons. The summed E-state index contributed by atoms with van der Waals surface area (Å²) in [5, 5.41) is 0. The zero-order valence-electron chi connectivity index (χ0n) is 19.8. The quantitative estimate of drug-likeness (QED) is 0.565. The number of ether oxygens (including phenoxy) is 2. The van der Waals surface area contributed by atoms with Gasteiger partial charge in [-0.15, -0.1) is 0 Å². The van der Waals surface area contributed by atoms with E-state index < -0.39 is 0 Å². The zero-order chi connectivity index (χ0) is 23.5. The molecule has 4 rings (SSSR count). The highest BCUT2D eigenvalue weighted by atomic mass is 16.5. The Morgan fingerprint density at radius 1 is 0.970 bits per heavy atom. The van der Waals surface area contributed by atoms with Gasteiger partial charge in [0, 0.05) is 19.2 Å². The van der Waals surface area contributed by atoms with Gasteiger partial charge < -0.3 is 14.4 Å². The highest BCUT2D eigenvalue weighted by Gasteiger charge is 2.43. The predicted octanol–water partition coefficient (Wildman–Crippen LogP) is 4.89. The molecule has 2 aliphatic heterocycles. The van der Waals surface area contributed by atoms with Crippen LogP contribution < -0.4 is 14.4 Å². The van der Waals surface area contributed by atoms with Crippen molar-refractivity contribution in [1.82, 2.24) is 4.90 Å². The summed E-state index contributed by atoms with van der Waals surface area (Å²) in [6.45, 7) is 10.1. The van der Waals surface area contributed by atoms with Crippen LogP contribution in [-0.2, 0) is 9.59 Å². The molecule has 6 heteroatoms. The van der Waals surface area contributed by atoms with Crippen LogP contribution in [0, 0.1) is 5.92 Å². The van der Waals surface area contributed by atoms with Crippen LogP contribution in [0.5, 0.6) is 11.5 Å². The molecule has 0 radical (unpaired) electrons. The van der Waals surface area contributed by atoms with Crippen LogP contribution in [0.2, 0.25) is 0 Å². The number of likely N-dealkylation sites (tertiary alicyclic amines) is 1. The van der Waals surface area contributed by atoms with Crippen molar-refractivity contribution >= 4 is 23.1 Å². The van der Waals surface area contributed by atoms with Gasteiger partial charge in [-0.2, -0.15) is 0 Å². The normalized spacial score (nSPS) is 17.4. The third-order valence-corrected chi connectivity index (χ3v) is 6.06. The number of rotatable bonds is 7. The Balaban J connectivity index is 1.74. The van der Waals surface area contributed by atoms with Crippen molar-refractivity contribution in [2.24, 2.45) is 5.92 Å². The number of benzene rings is 2. The topological polar surface area (TPSA) is 59.1 Å². The van der Waals surface area contributed by atoms with Crippen LogP contribution in [0.3, 0.4) is 0 Å². The molecule has 0 atom stereocenters. The summed E-state index contributed by atoms with van der Waals surface area (Å²) in [4.78, 5) is 30.8. The van der Waals surface area contributed by atoms with Crippen molar-refractivity contribution in [2.45, 2.75) is 46.6 Å². The number of hydrogen-bond acceptors (Lipinski definition) is 5. The summed E-state index contributed by atoms with van der Waals surface area (Å²) in [5.41, 5.74) is 2.19. The number of amides is 2. The lowest BCUT2D eigenvalue weighted by molar-refractivity contribution is -0.120. The first-order valence-corrected chi connectivity index (χ1v) is 11.8. The van der Waals surface area contributed by atoms with E-state index in [1.165, 1.54) is 4.90 Å². The van der Waals surface area contributed by atoms with Crippen molar-refractivity contribution in [3.63, 3.8) is 0 Å². The Morgan fingerprint density at radius 3 is 2.30 bits per heavy atom. The van der Waals surface area contributed by atoms with Gasteiger partial charge in [-0.25, -0.2) is 4.90 Å². The molecule has 0 saturated carbocycles. The largest absolute Gasteiger partial charge is 0.494 e. The average Bonchev–Trinajstić information content (AvgIpc) is 3.05. The first-order chi connectivity index (χ1) is 15.9. The van der Waals surface area contributed by atoms with Gasteiger partial charge in [0.25, 0.3) is 11.8 Å². The number of carbonyl (C=O) groups is 2. The molecule has 2 aromatic rings. The zero-order valence-corrected chi connectivity index (χ0v) is 19.8. The van der Waals surface area contributed by atoms with Gasteiger partial charge in [-0.1, -0.05) is 25.1 Å². The number of nitrogens with zero attached hydrogens (tertiary/aromatic N) is 2. The maximum absolute atomic E-state index is 13.7. The van der Waals surface area contributed by atoms with Gasteiger partial charge in [0.05, 0.1) is 24.0 Å². The highest BCUT2D eigenvalue weighted by Crippen LogP contribution is 2.37. The lowest BCUT2D eigenvalue weighted by Gasteiger charge is -2.32. The van der Waals surface area contributed by atoms with Crippen molar-refractivity contribution in [3.05, 3.63) is 59.8 Å². The van der Waals surface area contributed by atoms with Crippen molar-refractivity contribution in [1.29, 1.82) is 0 Å². The van der Waals surface area contributed by atoms with Gasteiger partial charge in [0.15, 0.2) is 0 Å². The van der Waals surface area contributed by atoms with Gasteiger partial charge in [0.1, 0.15) is 17.2 Å². The fourth-order valence-electron chi connectivity index (χ4n) is 4.39. The standard InChI is InChI=1S/C27H32N2O4/c1-5-32-23-8-6-7-21(17-23)29-26(30)24(20-9-11-22(12-10-20)33-18(2)3)25(27(29)31)28-15-13-19(4)14-16-28/h6-12,17-19H,5,13-16H2,1-4H3. The molecule has 0 unspecified atom stereocenters. The Morgan fingerprint density at radius 2 is 1.67 bits per heavy atom. The molecule has 0 spiro atoms. The number of hydrogen-bond donors (Lipinski definition) is 0. The second-order valence-electron chi connectivity index (χ2n) is 8.96. The lowest BCUT2D eigenvalue weighted by Crippen LogP contribution is -2.38. The lowest BCUT2D eigenvalue weighted by atomic mass is 9.97. The number of carbonyl (C=O) groups excluding carboxylic acids is 2. The van der Waals surface area contributed by atoms with Crippen molar-refractivity contribution < 1.29 is 19.1 Å². The molecule has 2 amide bonds. The number of anilines is 1. The second kappa shape index (κ2) is 9.69. The summed E-state index contributed by atoms with van der Waals surface area (Å²) in [6.07, 6.45) is 2.06. The molecule has 2 aliphatic rings. The van der Waals surface area contributed by atoms with E-state index in [-0.39, 0.29) is 17.9 Å². The van der Waals surface area contributed by atoms with E-state index in [1.54, 1.807) is 18.2 Å². The average molecular weight is 449 g/mol. The van der Waals surface area contributed by atoms with Crippen molar-refractivity contribution in [2.75, 3.05) is 24.6 Å². The summed E-state index contributed by atoms with van der Waals surface area (Å²) in [7, 11) is 0. The molecular formula is C27H32N2O4. The van der Waals surface area contributed by atoms with Crippen LogP contribution in [0.1, 0.15) is 46.1 Å². The van der Waals surface area contributed by atoms with Crippen LogP contribution in [-0.4, -0.2) is 42.5 Å². The summed E-state index contributed by atoms with van der Waals surface area (Å²) in [6, 6.07) is 14.6. The number of imide groups is 1. The molecule has 1 saturated heterocycles. The fourth-order valence-corrected chi connectivity index (χ4v) is 4.39. The molecular weight excluding hydrogens is 416 g/mol. The minimum Gasteiger partial charge on any atom is -0.494 e. The molecule has 33 heavy (non-hydrogen) atoms. The van der Waals surface area contributed by atoms with E-state index in [2.05, 4.69) is 11.8 Å². The van der Waals surface area contributed by atoms with E-state index in [4.69, 9.17) is 9.47 Å². The summed E-state index contributed by atoms with van der Waals surface area (Å²) in [5.74, 6) is 1.40. The van der Waals surface area contributed by atoms with E-state index in [0.29, 0.717) is 35.2 Å².